The van der Waals surface area contributed by atoms with Crippen LogP contribution in [-0.2, 0) is 11.3 Å². The van der Waals surface area contributed by atoms with Crippen LogP contribution < -0.4 is 5.32 Å². The van der Waals surface area contributed by atoms with Crippen LogP contribution in [0.25, 0.3) is 0 Å². The summed E-state index contributed by atoms with van der Waals surface area (Å²) in [6, 6.07) is 8.16. The van der Waals surface area contributed by atoms with Crippen molar-refractivity contribution in [3.8, 4) is 0 Å². The highest BCUT2D eigenvalue weighted by molar-refractivity contribution is 5.81. The second kappa shape index (κ2) is 4.05. The number of rotatable bonds is 3. The first kappa shape index (κ1) is 10.2. The van der Waals surface area contributed by atoms with Crippen LogP contribution in [0.1, 0.15) is 24.5 Å². The largest absolute Gasteiger partial charge is 0.352 e. The molecule has 0 heterocycles. The lowest BCUT2D eigenvalue weighted by molar-refractivity contribution is -0.122. The Hall–Kier alpha value is -1.31. The summed E-state index contributed by atoms with van der Waals surface area (Å²) in [4.78, 5) is 11.6. The van der Waals surface area contributed by atoms with E-state index >= 15 is 0 Å². The average molecular weight is 203 g/mol. The number of carbonyl (C=O) groups is 1. The lowest BCUT2D eigenvalue weighted by Gasteiger charge is -2.07. The summed E-state index contributed by atoms with van der Waals surface area (Å²) in [5.74, 6) is 1.07. The Morgan fingerprint density at radius 3 is 2.73 bits per heavy atom. The molecule has 0 aromatic heterocycles. The highest BCUT2D eigenvalue weighted by atomic mass is 16.2. The zero-order chi connectivity index (χ0) is 10.8. The van der Waals surface area contributed by atoms with Crippen LogP contribution in [0.5, 0.6) is 0 Å². The molecule has 0 spiro atoms. The van der Waals surface area contributed by atoms with Crippen molar-refractivity contribution in [3.63, 3.8) is 0 Å². The van der Waals surface area contributed by atoms with Crippen LogP contribution >= 0.6 is 0 Å². The molecule has 0 bridgehead atoms. The molecule has 2 heteroatoms. The molecule has 0 aliphatic heterocycles. The summed E-state index contributed by atoms with van der Waals surface area (Å²) in [5.41, 5.74) is 2.45. The molecule has 1 aromatic carbocycles. The van der Waals surface area contributed by atoms with Gasteiger partial charge >= 0.3 is 0 Å². The quantitative estimate of drug-likeness (QED) is 0.802. The Kier molecular flexibility index (Phi) is 2.76. The Morgan fingerprint density at radius 2 is 2.13 bits per heavy atom. The molecule has 2 unspecified atom stereocenters. The van der Waals surface area contributed by atoms with Gasteiger partial charge < -0.3 is 5.32 Å². The first-order chi connectivity index (χ1) is 7.18. The maximum absolute atomic E-state index is 11.6. The van der Waals surface area contributed by atoms with Gasteiger partial charge in [0.05, 0.1) is 0 Å². The Labute approximate surface area is 90.7 Å². The third-order valence-electron chi connectivity index (χ3n) is 3.16. The fourth-order valence-electron chi connectivity index (χ4n) is 1.81. The Bertz CT molecular complexity index is 373. The molecular weight excluding hydrogens is 186 g/mol. The van der Waals surface area contributed by atoms with E-state index in [1.165, 1.54) is 11.1 Å². The maximum Gasteiger partial charge on any atom is 0.223 e. The highest BCUT2D eigenvalue weighted by Gasteiger charge is 2.38. The molecule has 1 amide bonds. The second-order valence-corrected chi connectivity index (χ2v) is 4.46. The lowest BCUT2D eigenvalue weighted by Crippen LogP contribution is -2.25. The molecule has 80 valence electrons. The molecule has 2 rings (SSSR count). The summed E-state index contributed by atoms with van der Waals surface area (Å²) in [7, 11) is 0. The topological polar surface area (TPSA) is 29.1 Å². The molecule has 1 saturated carbocycles. The van der Waals surface area contributed by atoms with Crippen molar-refractivity contribution >= 4 is 5.91 Å². The molecule has 1 N–H and O–H groups in total. The number of nitrogens with one attached hydrogen (secondary N) is 1. The third-order valence-corrected chi connectivity index (χ3v) is 3.16. The first-order valence-electron chi connectivity index (χ1n) is 5.50. The number of carbonyl (C=O) groups excluding carboxylic acids is 1. The second-order valence-electron chi connectivity index (χ2n) is 4.46. The minimum Gasteiger partial charge on any atom is -0.352 e. The molecule has 2 atom stereocenters. The molecule has 15 heavy (non-hydrogen) atoms. The first-order valence-corrected chi connectivity index (χ1v) is 5.50. The van der Waals surface area contributed by atoms with Gasteiger partial charge in [0.25, 0.3) is 0 Å². The van der Waals surface area contributed by atoms with E-state index in [9.17, 15) is 4.79 Å². The standard InChI is InChI=1S/C13H17NO/c1-9-5-3-4-6-11(9)8-14-13(15)12-7-10(12)2/h3-6,10,12H,7-8H2,1-2H3,(H,14,15). The van der Waals surface area contributed by atoms with E-state index in [2.05, 4.69) is 31.3 Å². The number of hydrogen-bond acceptors (Lipinski definition) is 1. The van der Waals surface area contributed by atoms with Crippen molar-refractivity contribution in [2.45, 2.75) is 26.8 Å². The smallest absolute Gasteiger partial charge is 0.223 e. The predicted molar refractivity (Wildman–Crippen MR) is 60.3 cm³/mol. The van der Waals surface area contributed by atoms with E-state index in [4.69, 9.17) is 0 Å². The number of aryl methyl sites for hydroxylation is 1. The Balaban J connectivity index is 1.88. The normalized spacial score (nSPS) is 23.6. The molecule has 1 fully saturated rings. The summed E-state index contributed by atoms with van der Waals surface area (Å²) >= 11 is 0. The fraction of sp³-hybridized carbons (Fsp3) is 0.462. The van der Waals surface area contributed by atoms with E-state index in [0.717, 1.165) is 6.42 Å². The summed E-state index contributed by atoms with van der Waals surface area (Å²) in [5, 5.41) is 2.99. The van der Waals surface area contributed by atoms with Gasteiger partial charge in [-0.15, -0.1) is 0 Å². The van der Waals surface area contributed by atoms with Gasteiger partial charge in [0, 0.05) is 12.5 Å². The van der Waals surface area contributed by atoms with Crippen molar-refractivity contribution in [2.24, 2.45) is 11.8 Å². The molecule has 2 nitrogen and oxygen atoms in total. The maximum atomic E-state index is 11.6. The van der Waals surface area contributed by atoms with Gasteiger partial charge in [0.2, 0.25) is 5.91 Å². The number of benzene rings is 1. The summed E-state index contributed by atoms with van der Waals surface area (Å²) in [6.07, 6.45) is 1.06. The van der Waals surface area contributed by atoms with Gasteiger partial charge in [-0.2, -0.15) is 0 Å². The van der Waals surface area contributed by atoms with Crippen LogP contribution in [0.2, 0.25) is 0 Å². The number of hydrogen-bond donors (Lipinski definition) is 1. The zero-order valence-electron chi connectivity index (χ0n) is 9.29. The van der Waals surface area contributed by atoms with E-state index < -0.39 is 0 Å². The van der Waals surface area contributed by atoms with Gasteiger partial charge in [-0.25, -0.2) is 0 Å². The van der Waals surface area contributed by atoms with Crippen molar-refractivity contribution in [1.29, 1.82) is 0 Å². The van der Waals surface area contributed by atoms with E-state index in [1.807, 2.05) is 12.1 Å². The van der Waals surface area contributed by atoms with Crippen molar-refractivity contribution in [1.82, 2.24) is 5.32 Å². The monoisotopic (exact) mass is 203 g/mol. The van der Waals surface area contributed by atoms with Gasteiger partial charge in [0.1, 0.15) is 0 Å². The van der Waals surface area contributed by atoms with E-state index in [-0.39, 0.29) is 11.8 Å². The average Bonchev–Trinajstić information content (AvgIpc) is 2.94. The minimum atomic E-state index is 0.214. The van der Waals surface area contributed by atoms with Crippen LogP contribution in [0.15, 0.2) is 24.3 Å². The fourth-order valence-corrected chi connectivity index (χ4v) is 1.81. The molecule has 1 aliphatic rings. The molecular formula is C13H17NO. The SMILES string of the molecule is Cc1ccccc1CNC(=O)C1CC1C. The van der Waals surface area contributed by atoms with Gasteiger partial charge in [-0.3, -0.25) is 4.79 Å². The van der Waals surface area contributed by atoms with Crippen molar-refractivity contribution in [3.05, 3.63) is 35.4 Å². The zero-order valence-corrected chi connectivity index (χ0v) is 9.29. The molecule has 0 saturated heterocycles. The van der Waals surface area contributed by atoms with Crippen LogP contribution in [-0.4, -0.2) is 5.91 Å². The van der Waals surface area contributed by atoms with Crippen molar-refractivity contribution in [2.75, 3.05) is 0 Å². The number of amides is 1. The van der Waals surface area contributed by atoms with Crippen LogP contribution in [0.3, 0.4) is 0 Å². The Morgan fingerprint density at radius 1 is 1.47 bits per heavy atom. The molecule has 0 radical (unpaired) electrons. The lowest BCUT2D eigenvalue weighted by atomic mass is 10.1. The summed E-state index contributed by atoms with van der Waals surface area (Å²) in [6.45, 7) is 4.86. The van der Waals surface area contributed by atoms with Gasteiger partial charge in [-0.05, 0) is 30.4 Å². The predicted octanol–water partition coefficient (Wildman–Crippen LogP) is 2.27. The molecule has 1 aliphatic carbocycles. The highest BCUT2D eigenvalue weighted by Crippen LogP contribution is 2.37. The molecule has 1 aromatic rings. The third kappa shape index (κ3) is 2.38. The minimum absolute atomic E-state index is 0.214. The van der Waals surface area contributed by atoms with Crippen molar-refractivity contribution < 1.29 is 4.79 Å². The summed E-state index contributed by atoms with van der Waals surface area (Å²) < 4.78 is 0. The van der Waals surface area contributed by atoms with Gasteiger partial charge in [-0.1, -0.05) is 31.2 Å². The van der Waals surface area contributed by atoms with E-state index in [0.29, 0.717) is 12.5 Å². The van der Waals surface area contributed by atoms with E-state index in [1.54, 1.807) is 0 Å². The van der Waals surface area contributed by atoms with Crippen LogP contribution in [0, 0.1) is 18.8 Å². The van der Waals surface area contributed by atoms with Gasteiger partial charge in [0.15, 0.2) is 0 Å². The van der Waals surface area contributed by atoms with Crippen LogP contribution in [0.4, 0.5) is 0 Å².